The van der Waals surface area contributed by atoms with Gasteiger partial charge >= 0.3 is 0 Å². The van der Waals surface area contributed by atoms with Crippen molar-refractivity contribution in [3.8, 4) is 0 Å². The number of benzene rings is 2. The van der Waals surface area contributed by atoms with Crippen molar-refractivity contribution in [1.29, 1.82) is 0 Å². The van der Waals surface area contributed by atoms with Gasteiger partial charge in [0.05, 0.1) is 0 Å². The molecule has 1 N–H and O–H groups in total. The summed E-state index contributed by atoms with van der Waals surface area (Å²) >= 11 is 0. The number of carbonyl (C=O) groups excluding carboxylic acids is 1. The summed E-state index contributed by atoms with van der Waals surface area (Å²) in [6.07, 6.45) is 0.850. The molecule has 1 atom stereocenters. The molecule has 0 aliphatic heterocycles. The zero-order chi connectivity index (χ0) is 15.9. The quantitative estimate of drug-likeness (QED) is 0.889. The molecule has 0 spiro atoms. The first-order valence-corrected chi connectivity index (χ1v) is 7.62. The SMILES string of the molecule is Cc1cccc(CCNC(=O)C(c2ccccc2)N(C)C)c1. The molecule has 0 radical (unpaired) electrons. The Bertz CT molecular complexity index is 608. The van der Waals surface area contributed by atoms with Crippen LogP contribution < -0.4 is 5.32 Å². The number of likely N-dealkylation sites (N-methyl/N-ethyl adjacent to an activating group) is 1. The van der Waals surface area contributed by atoms with Crippen molar-refractivity contribution in [2.75, 3.05) is 20.6 Å². The molecule has 22 heavy (non-hydrogen) atoms. The second kappa shape index (κ2) is 7.76. The Kier molecular flexibility index (Phi) is 5.73. The van der Waals surface area contributed by atoms with E-state index in [4.69, 9.17) is 0 Å². The van der Waals surface area contributed by atoms with Crippen LogP contribution in [0.5, 0.6) is 0 Å². The van der Waals surface area contributed by atoms with Crippen LogP contribution in [0.1, 0.15) is 22.7 Å². The standard InChI is InChI=1S/C19H24N2O/c1-15-8-7-9-16(14-15)12-13-20-19(22)18(21(2)3)17-10-5-4-6-11-17/h4-11,14,18H,12-13H2,1-3H3,(H,20,22). The Morgan fingerprint density at radius 1 is 1.09 bits per heavy atom. The number of hydrogen-bond donors (Lipinski definition) is 1. The summed E-state index contributed by atoms with van der Waals surface area (Å²) < 4.78 is 0. The minimum absolute atomic E-state index is 0.0452. The van der Waals surface area contributed by atoms with Crippen LogP contribution in [0.3, 0.4) is 0 Å². The smallest absolute Gasteiger partial charge is 0.241 e. The van der Waals surface area contributed by atoms with E-state index in [0.29, 0.717) is 6.54 Å². The lowest BCUT2D eigenvalue weighted by molar-refractivity contribution is -0.125. The van der Waals surface area contributed by atoms with Crippen LogP contribution in [0, 0.1) is 6.92 Å². The molecule has 0 heterocycles. The van der Waals surface area contributed by atoms with Crippen molar-refractivity contribution in [2.24, 2.45) is 0 Å². The highest BCUT2D eigenvalue weighted by molar-refractivity contribution is 5.83. The number of amides is 1. The topological polar surface area (TPSA) is 32.3 Å². The van der Waals surface area contributed by atoms with Crippen LogP contribution in [0.25, 0.3) is 0 Å². The van der Waals surface area contributed by atoms with Crippen LogP contribution in [0.4, 0.5) is 0 Å². The largest absolute Gasteiger partial charge is 0.354 e. The number of aryl methyl sites for hydroxylation is 1. The Morgan fingerprint density at radius 2 is 1.82 bits per heavy atom. The molecule has 0 saturated carbocycles. The number of hydrogen-bond acceptors (Lipinski definition) is 2. The summed E-state index contributed by atoms with van der Waals surface area (Å²) in [5, 5.41) is 3.05. The first-order valence-electron chi connectivity index (χ1n) is 7.62. The molecule has 1 unspecified atom stereocenters. The van der Waals surface area contributed by atoms with E-state index in [0.717, 1.165) is 12.0 Å². The molecule has 3 heteroatoms. The summed E-state index contributed by atoms with van der Waals surface area (Å²) in [4.78, 5) is 14.4. The molecule has 2 aromatic rings. The maximum atomic E-state index is 12.5. The Hall–Kier alpha value is -2.13. The lowest BCUT2D eigenvalue weighted by Crippen LogP contribution is -2.37. The summed E-state index contributed by atoms with van der Waals surface area (Å²) in [6.45, 7) is 2.74. The van der Waals surface area contributed by atoms with Crippen molar-refractivity contribution in [2.45, 2.75) is 19.4 Å². The molecule has 2 rings (SSSR count). The van der Waals surface area contributed by atoms with Crippen molar-refractivity contribution >= 4 is 5.91 Å². The van der Waals surface area contributed by atoms with E-state index < -0.39 is 0 Å². The average Bonchev–Trinajstić information content (AvgIpc) is 2.48. The predicted molar refractivity (Wildman–Crippen MR) is 90.8 cm³/mol. The van der Waals surface area contributed by atoms with Crippen LogP contribution in [0.15, 0.2) is 54.6 Å². The highest BCUT2D eigenvalue weighted by atomic mass is 16.2. The van der Waals surface area contributed by atoms with Crippen LogP contribution in [-0.2, 0) is 11.2 Å². The van der Waals surface area contributed by atoms with E-state index >= 15 is 0 Å². The molecular weight excluding hydrogens is 272 g/mol. The molecule has 0 fully saturated rings. The molecule has 1 amide bonds. The molecule has 3 nitrogen and oxygen atoms in total. The van der Waals surface area contributed by atoms with Crippen LogP contribution in [0.2, 0.25) is 0 Å². The second-order valence-corrected chi connectivity index (χ2v) is 5.81. The van der Waals surface area contributed by atoms with E-state index in [9.17, 15) is 4.79 Å². The summed E-state index contributed by atoms with van der Waals surface area (Å²) in [5.41, 5.74) is 3.52. The third-order valence-corrected chi connectivity index (χ3v) is 3.68. The van der Waals surface area contributed by atoms with Gasteiger partial charge in [0, 0.05) is 6.54 Å². The van der Waals surface area contributed by atoms with Gasteiger partial charge in [-0.15, -0.1) is 0 Å². The zero-order valence-corrected chi connectivity index (χ0v) is 13.5. The third-order valence-electron chi connectivity index (χ3n) is 3.68. The van der Waals surface area contributed by atoms with Gasteiger partial charge in [0.2, 0.25) is 5.91 Å². The molecule has 0 aliphatic carbocycles. The van der Waals surface area contributed by atoms with E-state index in [-0.39, 0.29) is 11.9 Å². The monoisotopic (exact) mass is 296 g/mol. The van der Waals surface area contributed by atoms with Gasteiger partial charge in [0.25, 0.3) is 0 Å². The summed E-state index contributed by atoms with van der Waals surface area (Å²) in [5.74, 6) is 0.0452. The Balaban J connectivity index is 1.95. The Morgan fingerprint density at radius 3 is 2.45 bits per heavy atom. The normalized spacial score (nSPS) is 12.2. The number of nitrogens with zero attached hydrogens (tertiary/aromatic N) is 1. The van der Waals surface area contributed by atoms with E-state index in [2.05, 4.69) is 36.5 Å². The van der Waals surface area contributed by atoms with Crippen molar-refractivity contribution < 1.29 is 4.79 Å². The van der Waals surface area contributed by atoms with Gasteiger partial charge in [0.15, 0.2) is 0 Å². The number of nitrogens with one attached hydrogen (secondary N) is 1. The first-order chi connectivity index (χ1) is 10.6. The first kappa shape index (κ1) is 16.2. The highest BCUT2D eigenvalue weighted by Gasteiger charge is 2.21. The summed E-state index contributed by atoms with van der Waals surface area (Å²) in [7, 11) is 3.86. The average molecular weight is 296 g/mol. The molecule has 0 aromatic heterocycles. The van der Waals surface area contributed by atoms with Gasteiger partial charge in [0.1, 0.15) is 6.04 Å². The van der Waals surface area contributed by atoms with Gasteiger partial charge in [-0.05, 0) is 38.6 Å². The minimum atomic E-state index is -0.251. The fourth-order valence-electron chi connectivity index (χ4n) is 2.61. The van der Waals surface area contributed by atoms with Crippen LogP contribution in [-0.4, -0.2) is 31.4 Å². The van der Waals surface area contributed by atoms with E-state index in [1.165, 1.54) is 11.1 Å². The molecule has 0 bridgehead atoms. The van der Waals surface area contributed by atoms with E-state index in [1.807, 2.05) is 49.3 Å². The highest BCUT2D eigenvalue weighted by Crippen LogP contribution is 2.17. The third kappa shape index (κ3) is 4.43. The van der Waals surface area contributed by atoms with Crippen molar-refractivity contribution in [3.63, 3.8) is 0 Å². The fraction of sp³-hybridized carbons (Fsp3) is 0.316. The zero-order valence-electron chi connectivity index (χ0n) is 13.5. The van der Waals surface area contributed by atoms with Gasteiger partial charge in [-0.2, -0.15) is 0 Å². The van der Waals surface area contributed by atoms with E-state index in [1.54, 1.807) is 0 Å². The van der Waals surface area contributed by atoms with Crippen molar-refractivity contribution in [3.05, 3.63) is 71.3 Å². The maximum Gasteiger partial charge on any atom is 0.241 e. The molecule has 2 aromatic carbocycles. The van der Waals surface area contributed by atoms with Gasteiger partial charge in [-0.1, -0.05) is 60.2 Å². The second-order valence-electron chi connectivity index (χ2n) is 5.81. The van der Waals surface area contributed by atoms with Gasteiger partial charge in [-0.25, -0.2) is 0 Å². The van der Waals surface area contributed by atoms with Crippen LogP contribution >= 0.6 is 0 Å². The molecule has 0 saturated heterocycles. The Labute approximate surface area is 133 Å². The lowest BCUT2D eigenvalue weighted by atomic mass is 10.0. The van der Waals surface area contributed by atoms with Gasteiger partial charge in [-0.3, -0.25) is 9.69 Å². The van der Waals surface area contributed by atoms with Gasteiger partial charge < -0.3 is 5.32 Å². The molecule has 116 valence electrons. The molecular formula is C19H24N2O. The number of carbonyl (C=O) groups is 1. The predicted octanol–water partition coefficient (Wildman–Crippen LogP) is 2.96. The molecule has 0 aliphatic rings. The van der Waals surface area contributed by atoms with Crippen molar-refractivity contribution in [1.82, 2.24) is 10.2 Å². The maximum absolute atomic E-state index is 12.5. The fourth-order valence-corrected chi connectivity index (χ4v) is 2.61. The number of rotatable bonds is 6. The minimum Gasteiger partial charge on any atom is -0.354 e. The lowest BCUT2D eigenvalue weighted by Gasteiger charge is -2.23. The summed E-state index contributed by atoms with van der Waals surface area (Å²) in [6, 6.07) is 18.0.